The minimum Gasteiger partial charge on any atom is -0.388 e. The van der Waals surface area contributed by atoms with Crippen LogP contribution in [-0.4, -0.2) is 28.0 Å². The summed E-state index contributed by atoms with van der Waals surface area (Å²) in [6.07, 6.45) is 11.3. The quantitative estimate of drug-likeness (QED) is 0.670. The highest BCUT2D eigenvalue weighted by Crippen LogP contribution is 2.23. The van der Waals surface area contributed by atoms with E-state index in [2.05, 4.69) is 21.9 Å². The van der Waals surface area contributed by atoms with Crippen LogP contribution < -0.4 is 10.6 Å². The third-order valence-corrected chi connectivity index (χ3v) is 3.83. The van der Waals surface area contributed by atoms with Crippen molar-refractivity contribution in [1.82, 2.24) is 9.97 Å². The van der Waals surface area contributed by atoms with Crippen LogP contribution in [0.15, 0.2) is 12.4 Å². The van der Waals surface area contributed by atoms with E-state index >= 15 is 0 Å². The second kappa shape index (κ2) is 6.09. The predicted molar refractivity (Wildman–Crippen MR) is 77.8 cm³/mol. The maximum absolute atomic E-state index is 5.52. The number of hydrogen-bond donors (Lipinski definition) is 1. The summed E-state index contributed by atoms with van der Waals surface area (Å²) in [5, 5.41) is 0. The van der Waals surface area contributed by atoms with Gasteiger partial charge in [-0.2, -0.15) is 0 Å². The van der Waals surface area contributed by atoms with Crippen molar-refractivity contribution in [2.45, 2.75) is 44.6 Å². The van der Waals surface area contributed by atoms with Crippen LogP contribution in [0.1, 0.15) is 44.2 Å². The molecule has 0 spiro atoms. The lowest BCUT2D eigenvalue weighted by Crippen LogP contribution is -2.32. The van der Waals surface area contributed by atoms with Gasteiger partial charge in [-0.05, 0) is 12.8 Å². The van der Waals surface area contributed by atoms with Gasteiger partial charge in [-0.1, -0.05) is 37.9 Å². The zero-order chi connectivity index (χ0) is 13.0. The minimum atomic E-state index is 0.297. The van der Waals surface area contributed by atoms with Gasteiger partial charge in [0, 0.05) is 13.1 Å². The Morgan fingerprint density at radius 1 is 1.22 bits per heavy atom. The number of hydrogen-bond acceptors (Lipinski definition) is 4. The van der Waals surface area contributed by atoms with Crippen molar-refractivity contribution in [1.29, 1.82) is 0 Å². The van der Waals surface area contributed by atoms with Crippen LogP contribution in [0.2, 0.25) is 0 Å². The molecular formula is C13H20N4S. The fourth-order valence-electron chi connectivity index (χ4n) is 2.46. The standard InChI is InChI=1S/C13H20N4S/c1-17(10-6-4-2-3-5-7-10)12-9-15-11(8-16-12)13(14)18/h8-10H,2-7H2,1H3,(H2,14,18). The molecule has 0 aliphatic heterocycles. The third kappa shape index (κ3) is 3.16. The smallest absolute Gasteiger partial charge is 0.147 e. The minimum absolute atomic E-state index is 0.297. The van der Waals surface area contributed by atoms with Crippen LogP contribution in [-0.2, 0) is 0 Å². The van der Waals surface area contributed by atoms with E-state index < -0.39 is 0 Å². The van der Waals surface area contributed by atoms with Crippen molar-refractivity contribution in [3.8, 4) is 0 Å². The van der Waals surface area contributed by atoms with E-state index in [1.54, 1.807) is 12.4 Å². The average Bonchev–Trinajstić information content (AvgIpc) is 2.67. The highest BCUT2D eigenvalue weighted by Gasteiger charge is 2.18. The normalized spacial score (nSPS) is 17.2. The predicted octanol–water partition coefficient (Wildman–Crippen LogP) is 2.27. The summed E-state index contributed by atoms with van der Waals surface area (Å²) >= 11 is 4.88. The molecule has 1 fully saturated rings. The highest BCUT2D eigenvalue weighted by molar-refractivity contribution is 7.80. The summed E-state index contributed by atoms with van der Waals surface area (Å²) in [6.45, 7) is 0. The molecule has 1 aliphatic rings. The number of rotatable bonds is 3. The molecular weight excluding hydrogens is 244 g/mol. The molecule has 1 aliphatic carbocycles. The summed E-state index contributed by atoms with van der Waals surface area (Å²) < 4.78 is 0. The Hall–Kier alpha value is -1.23. The molecule has 0 aromatic carbocycles. The van der Waals surface area contributed by atoms with Gasteiger partial charge in [-0.3, -0.25) is 0 Å². The van der Waals surface area contributed by atoms with Gasteiger partial charge in [-0.25, -0.2) is 9.97 Å². The molecule has 5 heteroatoms. The molecule has 18 heavy (non-hydrogen) atoms. The van der Waals surface area contributed by atoms with Crippen LogP contribution >= 0.6 is 12.2 Å². The summed E-state index contributed by atoms with van der Waals surface area (Å²) in [7, 11) is 2.10. The maximum atomic E-state index is 5.52. The molecule has 0 unspecified atom stereocenters. The van der Waals surface area contributed by atoms with Gasteiger partial charge in [0.2, 0.25) is 0 Å². The van der Waals surface area contributed by atoms with Crippen LogP contribution in [0.4, 0.5) is 5.82 Å². The number of thiocarbonyl (C=S) groups is 1. The van der Waals surface area contributed by atoms with E-state index in [0.29, 0.717) is 16.7 Å². The molecule has 1 heterocycles. The van der Waals surface area contributed by atoms with Crippen molar-refractivity contribution < 1.29 is 0 Å². The summed E-state index contributed by atoms with van der Waals surface area (Å²) in [5.74, 6) is 0.905. The number of nitrogens with zero attached hydrogens (tertiary/aromatic N) is 3. The Morgan fingerprint density at radius 3 is 2.39 bits per heavy atom. The van der Waals surface area contributed by atoms with E-state index in [1.165, 1.54) is 38.5 Å². The monoisotopic (exact) mass is 264 g/mol. The van der Waals surface area contributed by atoms with Gasteiger partial charge in [0.05, 0.1) is 12.4 Å². The SMILES string of the molecule is CN(c1cnc(C(N)=S)cn1)C1CCCCCC1. The van der Waals surface area contributed by atoms with Crippen molar-refractivity contribution in [2.24, 2.45) is 5.73 Å². The average molecular weight is 264 g/mol. The van der Waals surface area contributed by atoms with Crippen molar-refractivity contribution in [2.75, 3.05) is 11.9 Å². The van der Waals surface area contributed by atoms with E-state index in [0.717, 1.165) is 5.82 Å². The Balaban J connectivity index is 2.07. The lowest BCUT2D eigenvalue weighted by atomic mass is 10.1. The van der Waals surface area contributed by atoms with E-state index in [-0.39, 0.29) is 0 Å². The molecule has 2 N–H and O–H groups in total. The van der Waals surface area contributed by atoms with Gasteiger partial charge < -0.3 is 10.6 Å². The molecule has 0 bridgehead atoms. The lowest BCUT2D eigenvalue weighted by Gasteiger charge is -2.27. The zero-order valence-corrected chi connectivity index (χ0v) is 11.6. The van der Waals surface area contributed by atoms with Crippen LogP contribution in [0.3, 0.4) is 0 Å². The largest absolute Gasteiger partial charge is 0.388 e. The molecule has 0 saturated heterocycles. The van der Waals surface area contributed by atoms with Crippen LogP contribution in [0.5, 0.6) is 0 Å². The van der Waals surface area contributed by atoms with E-state index in [4.69, 9.17) is 18.0 Å². The Morgan fingerprint density at radius 2 is 1.89 bits per heavy atom. The molecule has 1 aromatic heterocycles. The zero-order valence-electron chi connectivity index (χ0n) is 10.8. The maximum Gasteiger partial charge on any atom is 0.147 e. The first-order valence-corrected chi connectivity index (χ1v) is 6.94. The molecule has 98 valence electrons. The molecule has 0 atom stereocenters. The van der Waals surface area contributed by atoms with Gasteiger partial charge in [0.15, 0.2) is 0 Å². The van der Waals surface area contributed by atoms with Gasteiger partial charge in [-0.15, -0.1) is 0 Å². The van der Waals surface area contributed by atoms with E-state index in [9.17, 15) is 0 Å². The Labute approximate surface area is 114 Å². The van der Waals surface area contributed by atoms with Gasteiger partial charge in [0.25, 0.3) is 0 Å². The molecule has 1 saturated carbocycles. The first kappa shape index (κ1) is 13.2. The van der Waals surface area contributed by atoms with Gasteiger partial charge in [0.1, 0.15) is 16.5 Å². The molecule has 0 amide bonds. The van der Waals surface area contributed by atoms with Crippen molar-refractivity contribution in [3.63, 3.8) is 0 Å². The first-order chi connectivity index (χ1) is 8.68. The van der Waals surface area contributed by atoms with Crippen molar-refractivity contribution >= 4 is 23.0 Å². The lowest BCUT2D eigenvalue weighted by molar-refractivity contribution is 0.548. The van der Waals surface area contributed by atoms with Gasteiger partial charge >= 0.3 is 0 Å². The first-order valence-electron chi connectivity index (χ1n) is 6.53. The summed E-state index contributed by atoms with van der Waals surface area (Å²) in [4.78, 5) is 11.2. The second-order valence-electron chi connectivity index (χ2n) is 4.88. The van der Waals surface area contributed by atoms with Crippen molar-refractivity contribution in [3.05, 3.63) is 18.1 Å². The second-order valence-corrected chi connectivity index (χ2v) is 5.32. The summed E-state index contributed by atoms with van der Waals surface area (Å²) in [5.41, 5.74) is 6.10. The fraction of sp³-hybridized carbons (Fsp3) is 0.615. The Kier molecular flexibility index (Phi) is 4.47. The molecule has 0 radical (unpaired) electrons. The summed E-state index contributed by atoms with van der Waals surface area (Å²) in [6, 6.07) is 0.581. The van der Waals surface area contributed by atoms with Crippen LogP contribution in [0.25, 0.3) is 0 Å². The van der Waals surface area contributed by atoms with Crippen LogP contribution in [0, 0.1) is 0 Å². The fourth-order valence-corrected chi connectivity index (χ4v) is 2.57. The van der Waals surface area contributed by atoms with E-state index in [1.807, 2.05) is 0 Å². The third-order valence-electron chi connectivity index (χ3n) is 3.62. The Bertz CT molecular complexity index is 396. The molecule has 4 nitrogen and oxygen atoms in total. The number of aromatic nitrogens is 2. The number of anilines is 1. The number of nitrogens with two attached hydrogens (primary N) is 1. The molecule has 2 rings (SSSR count). The molecule has 1 aromatic rings. The highest BCUT2D eigenvalue weighted by atomic mass is 32.1. The topological polar surface area (TPSA) is 55.0 Å².